The number of hydrogen-bond donors (Lipinski definition) is 1. The summed E-state index contributed by atoms with van der Waals surface area (Å²) in [5.41, 5.74) is 1.75. The van der Waals surface area contributed by atoms with E-state index in [-0.39, 0.29) is 11.3 Å². The molecule has 39 heavy (non-hydrogen) atoms. The maximum atomic E-state index is 13.7. The molecular weight excluding hydrogens is 492 g/mol. The molecule has 198 valence electrons. The Morgan fingerprint density at radius 3 is 2.51 bits per heavy atom. The number of fused-ring (bicyclic) bond motifs is 2. The van der Waals surface area contributed by atoms with Gasteiger partial charge in [-0.3, -0.25) is 18.6 Å². The molecule has 1 aliphatic rings. The summed E-state index contributed by atoms with van der Waals surface area (Å²) in [6, 6.07) is 20.7. The molecule has 1 saturated carbocycles. The fraction of sp³-hybridized carbons (Fsp3) is 0.290. The first-order valence-electron chi connectivity index (χ1n) is 13.4. The predicted molar refractivity (Wildman–Crippen MR) is 151 cm³/mol. The summed E-state index contributed by atoms with van der Waals surface area (Å²) in [6.07, 6.45) is 5.56. The highest BCUT2D eigenvalue weighted by molar-refractivity contribution is 5.94. The average molecular weight is 523 g/mol. The van der Waals surface area contributed by atoms with Crippen LogP contribution in [0.1, 0.15) is 48.0 Å². The molecule has 6 rings (SSSR count). The van der Waals surface area contributed by atoms with Gasteiger partial charge in [-0.05, 0) is 47.2 Å². The highest BCUT2D eigenvalue weighted by Crippen LogP contribution is 2.31. The van der Waals surface area contributed by atoms with Gasteiger partial charge >= 0.3 is 11.7 Å². The van der Waals surface area contributed by atoms with Crippen LogP contribution in [0.25, 0.3) is 33.1 Å². The minimum absolute atomic E-state index is 0.117. The summed E-state index contributed by atoms with van der Waals surface area (Å²) in [4.78, 5) is 38.9. The van der Waals surface area contributed by atoms with Gasteiger partial charge in [-0.2, -0.15) is 5.10 Å². The molecular formula is C31H30N4O4. The molecule has 5 aromatic rings. The molecule has 1 fully saturated rings. The van der Waals surface area contributed by atoms with Crippen molar-refractivity contribution in [2.24, 2.45) is 13.0 Å². The van der Waals surface area contributed by atoms with E-state index in [0.717, 1.165) is 46.6 Å². The summed E-state index contributed by atoms with van der Waals surface area (Å²) in [5, 5.41) is 17.1. The third-order valence-corrected chi connectivity index (χ3v) is 7.97. The highest BCUT2D eigenvalue weighted by atomic mass is 16.4. The van der Waals surface area contributed by atoms with Crippen LogP contribution in [0.4, 0.5) is 0 Å². The van der Waals surface area contributed by atoms with E-state index in [9.17, 15) is 19.5 Å². The van der Waals surface area contributed by atoms with Gasteiger partial charge in [0, 0.05) is 19.2 Å². The van der Waals surface area contributed by atoms with Crippen molar-refractivity contribution in [2.45, 2.75) is 45.2 Å². The number of nitrogens with zero attached hydrogens (tertiary/aromatic N) is 4. The highest BCUT2D eigenvalue weighted by Gasteiger charge is 2.25. The molecule has 1 aliphatic carbocycles. The van der Waals surface area contributed by atoms with Crippen LogP contribution < -0.4 is 11.2 Å². The maximum Gasteiger partial charge on any atom is 0.335 e. The summed E-state index contributed by atoms with van der Waals surface area (Å²) >= 11 is 0. The lowest BCUT2D eigenvalue weighted by molar-refractivity contribution is 0.0697. The Hall–Kier alpha value is -4.46. The number of rotatable bonds is 6. The first kappa shape index (κ1) is 24.9. The van der Waals surface area contributed by atoms with Crippen LogP contribution >= 0.6 is 0 Å². The molecule has 0 aliphatic heterocycles. The third kappa shape index (κ3) is 4.46. The van der Waals surface area contributed by atoms with E-state index in [1.54, 1.807) is 27.4 Å². The van der Waals surface area contributed by atoms with Gasteiger partial charge in [0.25, 0.3) is 5.56 Å². The quantitative estimate of drug-likeness (QED) is 0.337. The van der Waals surface area contributed by atoms with Crippen LogP contribution in [-0.4, -0.2) is 30.0 Å². The zero-order valence-electron chi connectivity index (χ0n) is 21.8. The molecule has 0 bridgehead atoms. The van der Waals surface area contributed by atoms with E-state index < -0.39 is 11.5 Å². The van der Waals surface area contributed by atoms with Gasteiger partial charge in [-0.25, -0.2) is 9.59 Å². The second-order valence-corrected chi connectivity index (χ2v) is 10.5. The van der Waals surface area contributed by atoms with Crippen molar-refractivity contribution >= 4 is 27.8 Å². The second-order valence-electron chi connectivity index (χ2n) is 10.5. The van der Waals surface area contributed by atoms with E-state index in [1.165, 1.54) is 19.5 Å². The van der Waals surface area contributed by atoms with E-state index in [4.69, 9.17) is 5.10 Å². The van der Waals surface area contributed by atoms with E-state index in [1.807, 2.05) is 36.4 Å². The van der Waals surface area contributed by atoms with Crippen LogP contribution in [0.5, 0.6) is 0 Å². The molecule has 0 unspecified atom stereocenters. The van der Waals surface area contributed by atoms with Crippen molar-refractivity contribution in [3.05, 3.63) is 98.7 Å². The van der Waals surface area contributed by atoms with Crippen LogP contribution in [-0.2, 0) is 20.1 Å². The third-order valence-electron chi connectivity index (χ3n) is 7.97. The van der Waals surface area contributed by atoms with Gasteiger partial charge in [0.15, 0.2) is 5.65 Å². The lowest BCUT2D eigenvalue weighted by Gasteiger charge is -2.22. The first-order valence-corrected chi connectivity index (χ1v) is 13.4. The number of hydrogen-bond acceptors (Lipinski definition) is 4. The number of carboxylic acids is 1. The summed E-state index contributed by atoms with van der Waals surface area (Å²) in [6.45, 7) is 0.854. The molecule has 0 radical (unpaired) electrons. The summed E-state index contributed by atoms with van der Waals surface area (Å²) < 4.78 is 4.56. The topological polar surface area (TPSA) is 99.1 Å². The molecule has 2 aromatic heterocycles. The number of aromatic nitrogens is 4. The lowest BCUT2D eigenvalue weighted by atomic mass is 9.89. The molecule has 3 aromatic carbocycles. The standard InChI is InChI=1S/C31H30N4O4/c1-33-29(36)26-27(22-13-8-14-23(17-22)30(37)38)35(19-24-15-7-12-21-11-5-6-16-25(21)24)32-28(26)34(31(33)39)18-20-9-3-2-4-10-20/h5-8,11-17,20H,2-4,9-10,18-19H2,1H3,(H,37,38). The van der Waals surface area contributed by atoms with Crippen LogP contribution in [0.3, 0.4) is 0 Å². The van der Waals surface area contributed by atoms with E-state index >= 15 is 0 Å². The minimum Gasteiger partial charge on any atom is -0.478 e. The SMILES string of the molecule is Cn1c(=O)c2c(-c3cccc(C(=O)O)c3)n(Cc3cccc4ccccc34)nc2n(CC2CCCCC2)c1=O. The molecule has 0 spiro atoms. The minimum atomic E-state index is -1.05. The van der Waals surface area contributed by atoms with Gasteiger partial charge in [0.05, 0.1) is 17.8 Å². The first-order chi connectivity index (χ1) is 18.9. The van der Waals surface area contributed by atoms with Crippen molar-refractivity contribution in [1.82, 2.24) is 18.9 Å². The largest absolute Gasteiger partial charge is 0.478 e. The smallest absolute Gasteiger partial charge is 0.335 e. The van der Waals surface area contributed by atoms with Crippen molar-refractivity contribution in [2.75, 3.05) is 0 Å². The second kappa shape index (κ2) is 10.0. The molecule has 8 nitrogen and oxygen atoms in total. The monoisotopic (exact) mass is 522 g/mol. The van der Waals surface area contributed by atoms with Gasteiger partial charge in [0.2, 0.25) is 0 Å². The van der Waals surface area contributed by atoms with Crippen molar-refractivity contribution in [3.63, 3.8) is 0 Å². The molecule has 8 heteroatoms. The Morgan fingerprint density at radius 1 is 0.974 bits per heavy atom. The lowest BCUT2D eigenvalue weighted by Crippen LogP contribution is -2.39. The van der Waals surface area contributed by atoms with Crippen molar-refractivity contribution in [3.8, 4) is 11.3 Å². The van der Waals surface area contributed by atoms with E-state index in [2.05, 4.69) is 6.07 Å². The Kier molecular flexibility index (Phi) is 6.38. The Morgan fingerprint density at radius 2 is 1.72 bits per heavy atom. The predicted octanol–water partition coefficient (Wildman–Crippen LogP) is 5.04. The van der Waals surface area contributed by atoms with Gasteiger partial charge in [0.1, 0.15) is 5.39 Å². The number of carboxylic acid groups (broad SMARTS) is 1. The zero-order chi connectivity index (χ0) is 27.1. The Labute approximate surface area is 224 Å². The molecule has 1 N–H and O–H groups in total. The van der Waals surface area contributed by atoms with Gasteiger partial charge in [-0.1, -0.05) is 73.9 Å². The molecule has 0 atom stereocenters. The Bertz CT molecular complexity index is 1830. The number of carbonyl (C=O) groups is 1. The Balaban J connectivity index is 1.62. The maximum absolute atomic E-state index is 13.7. The fourth-order valence-electron chi connectivity index (χ4n) is 5.95. The van der Waals surface area contributed by atoms with Crippen molar-refractivity contribution < 1.29 is 9.90 Å². The normalized spacial score (nSPS) is 14.3. The molecule has 0 saturated heterocycles. The fourth-order valence-corrected chi connectivity index (χ4v) is 5.95. The number of benzene rings is 3. The van der Waals surface area contributed by atoms with Crippen LogP contribution in [0, 0.1) is 5.92 Å². The van der Waals surface area contributed by atoms with Crippen molar-refractivity contribution in [1.29, 1.82) is 0 Å². The van der Waals surface area contributed by atoms with Crippen LogP contribution in [0.15, 0.2) is 76.3 Å². The summed E-state index contributed by atoms with van der Waals surface area (Å²) in [7, 11) is 1.50. The molecule has 0 amide bonds. The number of aromatic carboxylic acids is 1. The molecule has 2 heterocycles. The summed E-state index contributed by atoms with van der Waals surface area (Å²) in [5.74, 6) is -0.706. The van der Waals surface area contributed by atoms with Gasteiger partial charge in [-0.15, -0.1) is 0 Å². The zero-order valence-corrected chi connectivity index (χ0v) is 21.8. The van der Waals surface area contributed by atoms with Crippen LogP contribution in [0.2, 0.25) is 0 Å². The average Bonchev–Trinajstić information content (AvgIpc) is 3.34. The van der Waals surface area contributed by atoms with E-state index in [0.29, 0.717) is 41.3 Å². The van der Waals surface area contributed by atoms with Gasteiger partial charge < -0.3 is 5.11 Å².